The number of rotatable bonds is 3. The molecule has 0 amide bonds. The van der Waals surface area contributed by atoms with Crippen molar-refractivity contribution in [2.24, 2.45) is 11.1 Å². The second kappa shape index (κ2) is 4.15. The van der Waals surface area contributed by atoms with Crippen molar-refractivity contribution in [1.29, 1.82) is 0 Å². The van der Waals surface area contributed by atoms with E-state index in [1.165, 1.54) is 0 Å². The summed E-state index contributed by atoms with van der Waals surface area (Å²) in [6, 6.07) is 3.95. The van der Waals surface area contributed by atoms with Crippen LogP contribution in [0.4, 0.5) is 0 Å². The molecule has 1 fully saturated rings. The summed E-state index contributed by atoms with van der Waals surface area (Å²) in [4.78, 5) is 0. The van der Waals surface area contributed by atoms with Crippen LogP contribution in [0.25, 0.3) is 0 Å². The van der Waals surface area contributed by atoms with E-state index >= 15 is 0 Å². The zero-order chi connectivity index (χ0) is 9.86. The Kier molecular flexibility index (Phi) is 2.89. The van der Waals surface area contributed by atoms with E-state index in [2.05, 4.69) is 0 Å². The molecule has 0 aromatic carbocycles. The van der Waals surface area contributed by atoms with Crippen molar-refractivity contribution in [1.82, 2.24) is 0 Å². The second-order valence-corrected chi connectivity index (χ2v) is 4.07. The fraction of sp³-hybridized carbons (Fsp3) is 0.636. The molecule has 0 unspecified atom stereocenters. The normalized spacial score (nSPS) is 20.9. The molecule has 3 nitrogen and oxygen atoms in total. The quantitative estimate of drug-likeness (QED) is 0.796. The summed E-state index contributed by atoms with van der Waals surface area (Å²) in [5, 5.41) is 0. The van der Waals surface area contributed by atoms with Crippen molar-refractivity contribution in [2.45, 2.75) is 19.3 Å². The molecule has 3 heteroatoms. The molecule has 1 aromatic heterocycles. The Morgan fingerprint density at radius 1 is 1.36 bits per heavy atom. The van der Waals surface area contributed by atoms with Crippen LogP contribution in [0.5, 0.6) is 0 Å². The predicted molar refractivity (Wildman–Crippen MR) is 54.0 cm³/mol. The number of hydrogen-bond donors (Lipinski definition) is 1. The van der Waals surface area contributed by atoms with Gasteiger partial charge in [-0.3, -0.25) is 0 Å². The van der Waals surface area contributed by atoms with Gasteiger partial charge in [0.1, 0.15) is 5.76 Å². The minimum Gasteiger partial charge on any atom is -0.469 e. The van der Waals surface area contributed by atoms with Crippen LogP contribution in [0.15, 0.2) is 22.8 Å². The Morgan fingerprint density at radius 2 is 2.14 bits per heavy atom. The first-order valence-corrected chi connectivity index (χ1v) is 5.15. The molecular weight excluding hydrogens is 178 g/mol. The summed E-state index contributed by atoms with van der Waals surface area (Å²) in [7, 11) is 0. The maximum absolute atomic E-state index is 5.86. The number of furan rings is 1. The summed E-state index contributed by atoms with van der Waals surface area (Å²) in [5.41, 5.74) is 6.06. The molecule has 0 spiro atoms. The highest BCUT2D eigenvalue weighted by atomic mass is 16.5. The van der Waals surface area contributed by atoms with Gasteiger partial charge in [0, 0.05) is 19.6 Å². The lowest BCUT2D eigenvalue weighted by Gasteiger charge is -2.35. The SMILES string of the molecule is NCC1(Cc2ccco2)CCOCC1. The number of ether oxygens (including phenoxy) is 1. The molecule has 0 bridgehead atoms. The van der Waals surface area contributed by atoms with Gasteiger partial charge in [0.25, 0.3) is 0 Å². The molecule has 1 aliphatic heterocycles. The van der Waals surface area contributed by atoms with Crippen LogP contribution >= 0.6 is 0 Å². The molecule has 78 valence electrons. The highest BCUT2D eigenvalue weighted by Gasteiger charge is 2.32. The molecule has 0 saturated carbocycles. The summed E-state index contributed by atoms with van der Waals surface area (Å²) in [6.45, 7) is 2.38. The lowest BCUT2D eigenvalue weighted by Crippen LogP contribution is -2.38. The van der Waals surface area contributed by atoms with E-state index in [0.29, 0.717) is 0 Å². The molecule has 2 N–H and O–H groups in total. The largest absolute Gasteiger partial charge is 0.469 e. The van der Waals surface area contributed by atoms with Gasteiger partial charge in [-0.05, 0) is 36.9 Å². The summed E-state index contributed by atoms with van der Waals surface area (Å²) >= 11 is 0. The van der Waals surface area contributed by atoms with Crippen LogP contribution in [-0.2, 0) is 11.2 Å². The molecule has 1 aromatic rings. The third-order valence-corrected chi connectivity index (χ3v) is 3.12. The van der Waals surface area contributed by atoms with Gasteiger partial charge < -0.3 is 14.9 Å². The van der Waals surface area contributed by atoms with E-state index in [1.807, 2.05) is 12.1 Å². The molecule has 1 saturated heterocycles. The Balaban J connectivity index is 2.04. The van der Waals surface area contributed by atoms with E-state index in [1.54, 1.807) is 6.26 Å². The lowest BCUT2D eigenvalue weighted by atomic mass is 9.77. The van der Waals surface area contributed by atoms with Crippen molar-refractivity contribution in [3.8, 4) is 0 Å². The maximum atomic E-state index is 5.86. The first kappa shape index (κ1) is 9.74. The molecule has 0 aliphatic carbocycles. The Bertz CT molecular complexity index is 263. The monoisotopic (exact) mass is 195 g/mol. The number of hydrogen-bond acceptors (Lipinski definition) is 3. The van der Waals surface area contributed by atoms with E-state index in [9.17, 15) is 0 Å². The molecule has 14 heavy (non-hydrogen) atoms. The van der Waals surface area contributed by atoms with Crippen LogP contribution in [0.1, 0.15) is 18.6 Å². The highest BCUT2D eigenvalue weighted by molar-refractivity contribution is 5.03. The van der Waals surface area contributed by atoms with Gasteiger partial charge in [-0.25, -0.2) is 0 Å². The second-order valence-electron chi connectivity index (χ2n) is 4.07. The minimum atomic E-state index is 0.204. The van der Waals surface area contributed by atoms with Crippen molar-refractivity contribution in [3.63, 3.8) is 0 Å². The molecule has 0 atom stereocenters. The summed E-state index contributed by atoms with van der Waals surface area (Å²) in [6.07, 6.45) is 4.76. The molecule has 2 rings (SSSR count). The van der Waals surface area contributed by atoms with Crippen LogP contribution in [-0.4, -0.2) is 19.8 Å². The van der Waals surface area contributed by atoms with Gasteiger partial charge in [0.15, 0.2) is 0 Å². The van der Waals surface area contributed by atoms with Crippen LogP contribution in [0.2, 0.25) is 0 Å². The van der Waals surface area contributed by atoms with Gasteiger partial charge >= 0.3 is 0 Å². The van der Waals surface area contributed by atoms with Crippen molar-refractivity contribution in [2.75, 3.05) is 19.8 Å². The lowest BCUT2D eigenvalue weighted by molar-refractivity contribution is 0.0168. The maximum Gasteiger partial charge on any atom is 0.104 e. The smallest absolute Gasteiger partial charge is 0.104 e. The van der Waals surface area contributed by atoms with Gasteiger partial charge in [-0.2, -0.15) is 0 Å². The predicted octanol–water partition coefficient (Wildman–Crippen LogP) is 1.58. The molecule has 1 aliphatic rings. The van der Waals surface area contributed by atoms with E-state index in [-0.39, 0.29) is 5.41 Å². The first-order chi connectivity index (χ1) is 6.85. The fourth-order valence-electron chi connectivity index (χ4n) is 2.04. The Labute approximate surface area is 84.2 Å². The van der Waals surface area contributed by atoms with Gasteiger partial charge in [-0.15, -0.1) is 0 Å². The van der Waals surface area contributed by atoms with E-state index in [0.717, 1.165) is 44.8 Å². The zero-order valence-corrected chi connectivity index (χ0v) is 8.37. The third kappa shape index (κ3) is 1.99. The highest BCUT2D eigenvalue weighted by Crippen LogP contribution is 2.33. The van der Waals surface area contributed by atoms with Crippen molar-refractivity contribution < 1.29 is 9.15 Å². The third-order valence-electron chi connectivity index (χ3n) is 3.12. The number of nitrogens with two attached hydrogens (primary N) is 1. The average Bonchev–Trinajstić information content (AvgIpc) is 2.72. The van der Waals surface area contributed by atoms with Gasteiger partial charge in [0.05, 0.1) is 6.26 Å². The van der Waals surface area contributed by atoms with Crippen molar-refractivity contribution in [3.05, 3.63) is 24.2 Å². The summed E-state index contributed by atoms with van der Waals surface area (Å²) < 4.78 is 10.7. The Hall–Kier alpha value is -0.800. The minimum absolute atomic E-state index is 0.204. The topological polar surface area (TPSA) is 48.4 Å². The first-order valence-electron chi connectivity index (χ1n) is 5.15. The van der Waals surface area contributed by atoms with Crippen LogP contribution in [0, 0.1) is 5.41 Å². The standard InChI is InChI=1S/C11H17NO2/c12-9-11(3-6-13-7-4-11)8-10-2-1-5-14-10/h1-2,5H,3-4,6-9,12H2. The van der Waals surface area contributed by atoms with Gasteiger partial charge in [0.2, 0.25) is 0 Å². The molecular formula is C11H17NO2. The average molecular weight is 195 g/mol. The van der Waals surface area contributed by atoms with E-state index in [4.69, 9.17) is 14.9 Å². The zero-order valence-electron chi connectivity index (χ0n) is 8.37. The summed E-state index contributed by atoms with van der Waals surface area (Å²) in [5.74, 6) is 1.04. The van der Waals surface area contributed by atoms with Crippen LogP contribution < -0.4 is 5.73 Å². The fourth-order valence-corrected chi connectivity index (χ4v) is 2.04. The van der Waals surface area contributed by atoms with E-state index < -0.39 is 0 Å². The van der Waals surface area contributed by atoms with Crippen molar-refractivity contribution >= 4 is 0 Å². The molecule has 2 heterocycles. The Morgan fingerprint density at radius 3 is 2.71 bits per heavy atom. The van der Waals surface area contributed by atoms with Crippen LogP contribution in [0.3, 0.4) is 0 Å². The molecule has 0 radical (unpaired) electrons. The van der Waals surface area contributed by atoms with Gasteiger partial charge in [-0.1, -0.05) is 0 Å².